The lowest BCUT2D eigenvalue weighted by Gasteiger charge is -2.19. The number of rotatable bonds is 6. The van der Waals surface area contributed by atoms with Crippen LogP contribution in [0.1, 0.15) is 55.6 Å². The maximum Gasteiger partial charge on any atom is 0.0136 e. The summed E-state index contributed by atoms with van der Waals surface area (Å²) in [5, 5.41) is 0. The molecule has 1 aliphatic rings. The Morgan fingerprint density at radius 1 is 1.35 bits per heavy atom. The Morgan fingerprint density at radius 2 is 2.20 bits per heavy atom. The van der Waals surface area contributed by atoms with E-state index in [9.17, 15) is 0 Å². The van der Waals surface area contributed by atoms with E-state index in [1.54, 1.807) is 0 Å². The van der Waals surface area contributed by atoms with Crippen LogP contribution in [0.4, 0.5) is 0 Å². The first-order valence-corrected chi connectivity index (χ1v) is 8.57. The summed E-state index contributed by atoms with van der Waals surface area (Å²) in [6.07, 6.45) is 15.6. The summed E-state index contributed by atoms with van der Waals surface area (Å²) in [7, 11) is 0. The van der Waals surface area contributed by atoms with E-state index in [-0.39, 0.29) is 0 Å². The molecule has 106 valence electrons. The Kier molecular flexibility index (Phi) is 6.08. The predicted octanol–water partition coefficient (Wildman–Crippen LogP) is 6.35. The first kappa shape index (κ1) is 15.6. The van der Waals surface area contributed by atoms with Gasteiger partial charge < -0.3 is 0 Å². The van der Waals surface area contributed by atoms with Crippen molar-refractivity contribution in [2.75, 3.05) is 0 Å². The van der Waals surface area contributed by atoms with Gasteiger partial charge in [-0.25, -0.2) is 0 Å². The molecule has 0 aromatic heterocycles. The fourth-order valence-electron chi connectivity index (χ4n) is 2.84. The Balaban J connectivity index is 2.25. The quantitative estimate of drug-likeness (QED) is 0.400. The van der Waals surface area contributed by atoms with Crippen LogP contribution in [0, 0.1) is 3.57 Å². The molecule has 20 heavy (non-hydrogen) atoms. The summed E-state index contributed by atoms with van der Waals surface area (Å²) in [6, 6.07) is 7.11. The summed E-state index contributed by atoms with van der Waals surface area (Å²) < 4.78 is 1.36. The van der Waals surface area contributed by atoms with Gasteiger partial charge in [0.1, 0.15) is 0 Å². The smallest absolute Gasteiger partial charge is 0.0136 e. The van der Waals surface area contributed by atoms with Crippen molar-refractivity contribution in [1.82, 2.24) is 0 Å². The Bertz CT molecular complexity index is 510. The second-order valence-corrected chi connectivity index (χ2v) is 6.69. The van der Waals surface area contributed by atoms with Gasteiger partial charge in [-0.3, -0.25) is 0 Å². The molecule has 0 radical (unpaired) electrons. The minimum atomic E-state index is 0.547. The average molecular weight is 378 g/mol. The minimum absolute atomic E-state index is 0.547. The number of benzene rings is 1. The van der Waals surface area contributed by atoms with E-state index in [4.69, 9.17) is 0 Å². The van der Waals surface area contributed by atoms with Crippen molar-refractivity contribution in [3.8, 4) is 0 Å². The maximum atomic E-state index is 3.85. The molecule has 0 spiro atoms. The SMILES string of the molecule is C=CCCC(CC)c1cc(I)cc([C@H]2C=CC=CC2)c1. The predicted molar refractivity (Wildman–Crippen MR) is 97.3 cm³/mol. The summed E-state index contributed by atoms with van der Waals surface area (Å²) in [5.74, 6) is 1.20. The van der Waals surface area contributed by atoms with Crippen LogP contribution in [-0.4, -0.2) is 0 Å². The Labute approximate surface area is 136 Å². The Hall–Kier alpha value is -0.830. The van der Waals surface area contributed by atoms with Gasteiger partial charge in [0.05, 0.1) is 0 Å². The van der Waals surface area contributed by atoms with Crippen LogP contribution in [0.3, 0.4) is 0 Å². The van der Waals surface area contributed by atoms with E-state index in [0.29, 0.717) is 11.8 Å². The molecule has 0 N–H and O–H groups in total. The average Bonchev–Trinajstić information content (AvgIpc) is 2.48. The first-order chi connectivity index (χ1) is 9.74. The summed E-state index contributed by atoms with van der Waals surface area (Å²) in [5.41, 5.74) is 2.96. The lowest BCUT2D eigenvalue weighted by molar-refractivity contribution is 0.611. The second kappa shape index (κ2) is 7.82. The molecule has 0 amide bonds. The van der Waals surface area contributed by atoms with Crippen molar-refractivity contribution < 1.29 is 0 Å². The van der Waals surface area contributed by atoms with Gasteiger partial charge in [-0.15, -0.1) is 6.58 Å². The minimum Gasteiger partial charge on any atom is -0.103 e. The molecule has 2 rings (SSSR count). The number of hydrogen-bond donors (Lipinski definition) is 0. The van der Waals surface area contributed by atoms with Crippen molar-refractivity contribution in [3.05, 3.63) is 69.9 Å². The highest BCUT2D eigenvalue weighted by Gasteiger charge is 2.14. The molecule has 0 saturated heterocycles. The molecular weight excluding hydrogens is 355 g/mol. The number of hydrogen-bond acceptors (Lipinski definition) is 0. The number of halogens is 1. The third kappa shape index (κ3) is 4.08. The molecule has 0 fully saturated rings. The van der Waals surface area contributed by atoms with Crippen molar-refractivity contribution in [3.63, 3.8) is 0 Å². The standard InChI is InChI=1S/C19H23I/c1-3-5-9-15(4-2)17-12-18(14-19(20)13-17)16-10-7-6-8-11-16/h3,6-8,10,12-16H,1,4-5,9,11H2,2H3/t15?,16-/m0/s1. The Morgan fingerprint density at radius 3 is 2.85 bits per heavy atom. The van der Waals surface area contributed by atoms with Crippen molar-refractivity contribution in [1.29, 1.82) is 0 Å². The molecular formula is C19H23I. The highest BCUT2D eigenvalue weighted by molar-refractivity contribution is 14.1. The van der Waals surface area contributed by atoms with Crippen LogP contribution in [0.15, 0.2) is 55.2 Å². The van der Waals surface area contributed by atoms with E-state index in [1.165, 1.54) is 27.5 Å². The van der Waals surface area contributed by atoms with Gasteiger partial charge in [0.15, 0.2) is 0 Å². The van der Waals surface area contributed by atoms with E-state index in [1.807, 2.05) is 6.08 Å². The van der Waals surface area contributed by atoms with Crippen molar-refractivity contribution in [2.45, 2.75) is 44.4 Å². The zero-order valence-electron chi connectivity index (χ0n) is 12.2. The van der Waals surface area contributed by atoms with Crippen LogP contribution in [0.2, 0.25) is 0 Å². The second-order valence-electron chi connectivity index (χ2n) is 5.44. The first-order valence-electron chi connectivity index (χ1n) is 7.49. The summed E-state index contributed by atoms with van der Waals surface area (Å²) >= 11 is 2.45. The van der Waals surface area contributed by atoms with Crippen LogP contribution in [-0.2, 0) is 0 Å². The van der Waals surface area contributed by atoms with Gasteiger partial charge in [-0.1, -0.05) is 43.4 Å². The molecule has 1 aliphatic carbocycles. The molecule has 1 unspecified atom stereocenters. The molecule has 2 atom stereocenters. The molecule has 0 nitrogen and oxygen atoms in total. The molecule has 1 heteroatoms. The highest BCUT2D eigenvalue weighted by atomic mass is 127. The molecule has 0 aliphatic heterocycles. The van der Waals surface area contributed by atoms with Gasteiger partial charge in [0.25, 0.3) is 0 Å². The van der Waals surface area contributed by atoms with Gasteiger partial charge in [-0.2, -0.15) is 0 Å². The van der Waals surface area contributed by atoms with E-state index in [2.05, 4.69) is 78.6 Å². The molecule has 0 bridgehead atoms. The van der Waals surface area contributed by atoms with E-state index < -0.39 is 0 Å². The monoisotopic (exact) mass is 378 g/mol. The molecule has 1 aromatic carbocycles. The third-order valence-corrected chi connectivity index (χ3v) is 4.66. The largest absolute Gasteiger partial charge is 0.103 e. The molecule has 1 aromatic rings. The van der Waals surface area contributed by atoms with Crippen LogP contribution >= 0.6 is 22.6 Å². The van der Waals surface area contributed by atoms with Crippen LogP contribution < -0.4 is 0 Å². The van der Waals surface area contributed by atoms with Crippen molar-refractivity contribution >= 4 is 22.6 Å². The molecule has 0 heterocycles. The van der Waals surface area contributed by atoms with Gasteiger partial charge >= 0.3 is 0 Å². The van der Waals surface area contributed by atoms with Gasteiger partial charge in [0.2, 0.25) is 0 Å². The fraction of sp³-hybridized carbons (Fsp3) is 0.368. The van der Waals surface area contributed by atoms with Crippen LogP contribution in [0.25, 0.3) is 0 Å². The fourth-order valence-corrected chi connectivity index (χ4v) is 3.56. The zero-order chi connectivity index (χ0) is 14.4. The number of allylic oxidation sites excluding steroid dienone is 5. The van der Waals surface area contributed by atoms with E-state index in [0.717, 1.165) is 12.8 Å². The van der Waals surface area contributed by atoms with E-state index >= 15 is 0 Å². The lowest BCUT2D eigenvalue weighted by Crippen LogP contribution is -2.02. The lowest BCUT2D eigenvalue weighted by atomic mass is 9.86. The van der Waals surface area contributed by atoms with Crippen molar-refractivity contribution in [2.24, 2.45) is 0 Å². The maximum absolute atomic E-state index is 3.85. The molecule has 0 saturated carbocycles. The van der Waals surface area contributed by atoms with Gasteiger partial charge in [-0.05, 0) is 77.5 Å². The zero-order valence-corrected chi connectivity index (χ0v) is 14.3. The topological polar surface area (TPSA) is 0 Å². The third-order valence-electron chi connectivity index (χ3n) is 4.03. The van der Waals surface area contributed by atoms with Gasteiger partial charge in [0, 0.05) is 9.49 Å². The highest BCUT2D eigenvalue weighted by Crippen LogP contribution is 2.32. The van der Waals surface area contributed by atoms with Crippen LogP contribution in [0.5, 0.6) is 0 Å². The summed E-state index contributed by atoms with van der Waals surface area (Å²) in [6.45, 7) is 6.14. The normalized spacial score (nSPS) is 19.0. The summed E-state index contributed by atoms with van der Waals surface area (Å²) in [4.78, 5) is 0.